The van der Waals surface area contributed by atoms with Gasteiger partial charge in [-0.15, -0.1) is 0 Å². The number of carbonyl (C=O) groups is 2. The summed E-state index contributed by atoms with van der Waals surface area (Å²) in [6, 6.07) is 2.72. The number of hydrogen-bond donors (Lipinski definition) is 2. The smallest absolute Gasteiger partial charge is 0.374 e. The predicted octanol–water partition coefficient (Wildman–Crippen LogP) is 2.19. The largest absolute Gasteiger partial charge is 0.457 e. The zero-order chi connectivity index (χ0) is 22.3. The number of esters is 2. The fraction of sp³-hybridized carbons (Fsp3) is 0.700. The molecule has 0 aromatic carbocycles. The van der Waals surface area contributed by atoms with Crippen LogP contribution in [0.5, 0.6) is 0 Å². The third-order valence-electron chi connectivity index (χ3n) is 3.11. The molecule has 0 aliphatic carbocycles. The fourth-order valence-electron chi connectivity index (χ4n) is 1.73. The second-order valence-electron chi connectivity index (χ2n) is 6.85. The summed E-state index contributed by atoms with van der Waals surface area (Å²) in [5.41, 5.74) is -0.786. The van der Waals surface area contributed by atoms with Gasteiger partial charge >= 0.3 is 11.9 Å². The van der Waals surface area contributed by atoms with Gasteiger partial charge < -0.3 is 33.6 Å². The zero-order valence-corrected chi connectivity index (χ0v) is 17.9. The summed E-state index contributed by atoms with van der Waals surface area (Å²) >= 11 is 0. The first-order chi connectivity index (χ1) is 13.6. The molecule has 9 heteroatoms. The van der Waals surface area contributed by atoms with E-state index in [9.17, 15) is 14.7 Å². The first kappa shape index (κ1) is 27.1. The van der Waals surface area contributed by atoms with Gasteiger partial charge in [-0.3, -0.25) is 0 Å². The van der Waals surface area contributed by atoms with Crippen molar-refractivity contribution in [1.82, 2.24) is 0 Å². The van der Waals surface area contributed by atoms with Crippen LogP contribution >= 0.6 is 0 Å². The highest BCUT2D eigenvalue weighted by Crippen LogP contribution is 2.12. The predicted molar refractivity (Wildman–Crippen MR) is 105 cm³/mol. The molecule has 1 rings (SSSR count). The summed E-state index contributed by atoms with van der Waals surface area (Å²) in [5, 5.41) is 17.6. The molecule has 1 aromatic rings. The van der Waals surface area contributed by atoms with Crippen molar-refractivity contribution in [3.63, 3.8) is 0 Å². The average molecular weight is 418 g/mol. The van der Waals surface area contributed by atoms with Crippen LogP contribution in [0.1, 0.15) is 62.1 Å². The quantitative estimate of drug-likeness (QED) is 0.388. The third kappa shape index (κ3) is 14.7. The van der Waals surface area contributed by atoms with E-state index in [-0.39, 0.29) is 37.4 Å². The minimum absolute atomic E-state index is 0.0490. The van der Waals surface area contributed by atoms with Crippen molar-refractivity contribution in [1.29, 1.82) is 0 Å². The molecule has 0 radical (unpaired) electrons. The van der Waals surface area contributed by atoms with Gasteiger partial charge in [0.2, 0.25) is 11.5 Å². The van der Waals surface area contributed by atoms with Crippen molar-refractivity contribution in [3.05, 3.63) is 23.7 Å². The third-order valence-corrected chi connectivity index (χ3v) is 3.11. The Morgan fingerprint density at radius 1 is 1.03 bits per heavy atom. The van der Waals surface area contributed by atoms with Crippen molar-refractivity contribution in [3.8, 4) is 0 Å². The molecule has 1 aromatic heterocycles. The van der Waals surface area contributed by atoms with Crippen molar-refractivity contribution in [2.75, 3.05) is 39.6 Å². The average Bonchev–Trinajstić information content (AvgIpc) is 3.12. The summed E-state index contributed by atoms with van der Waals surface area (Å²) in [5.74, 6) is -1.43. The highest BCUT2D eigenvalue weighted by molar-refractivity contribution is 5.90. The number of furan rings is 1. The van der Waals surface area contributed by atoms with E-state index in [2.05, 4.69) is 0 Å². The molecule has 0 saturated heterocycles. The van der Waals surface area contributed by atoms with Crippen molar-refractivity contribution in [2.45, 2.75) is 52.7 Å². The van der Waals surface area contributed by atoms with Crippen LogP contribution in [0.4, 0.5) is 0 Å². The first-order valence-corrected chi connectivity index (χ1v) is 9.57. The van der Waals surface area contributed by atoms with E-state index in [1.54, 1.807) is 27.7 Å². The number of aliphatic hydroxyl groups excluding tert-OH is 1. The Labute approximate surface area is 171 Å². The molecule has 9 nitrogen and oxygen atoms in total. The molecule has 0 amide bonds. The van der Waals surface area contributed by atoms with Crippen LogP contribution < -0.4 is 0 Å². The van der Waals surface area contributed by atoms with Crippen molar-refractivity contribution < 1.29 is 43.2 Å². The SMILES string of the molecule is CC(C)OC(=O)c1ccc(C(=O)OCCOCCC(C)(C)O)o1.CCOCCO. The van der Waals surface area contributed by atoms with Crippen LogP contribution in [0.3, 0.4) is 0 Å². The molecule has 0 aliphatic heterocycles. The lowest BCUT2D eigenvalue weighted by atomic mass is 10.1. The fourth-order valence-corrected chi connectivity index (χ4v) is 1.73. The maximum Gasteiger partial charge on any atom is 0.374 e. The first-order valence-electron chi connectivity index (χ1n) is 9.57. The molecule has 0 spiro atoms. The van der Waals surface area contributed by atoms with Crippen molar-refractivity contribution >= 4 is 11.9 Å². The molecule has 0 aliphatic rings. The number of ether oxygens (including phenoxy) is 4. The Hall–Kier alpha value is -1.94. The minimum Gasteiger partial charge on any atom is -0.457 e. The van der Waals surface area contributed by atoms with Gasteiger partial charge in [0.15, 0.2) is 0 Å². The lowest BCUT2D eigenvalue weighted by molar-refractivity contribution is 0.00683. The van der Waals surface area contributed by atoms with Gasteiger partial charge in [0.1, 0.15) is 6.61 Å². The van der Waals surface area contributed by atoms with Gasteiger partial charge in [-0.2, -0.15) is 0 Å². The van der Waals surface area contributed by atoms with Gasteiger partial charge in [0.25, 0.3) is 0 Å². The molecule has 2 N–H and O–H groups in total. The summed E-state index contributed by atoms with van der Waals surface area (Å²) in [6.07, 6.45) is 0.213. The molecule has 168 valence electrons. The number of aliphatic hydroxyl groups is 2. The zero-order valence-electron chi connectivity index (χ0n) is 17.9. The van der Waals surface area contributed by atoms with E-state index in [1.807, 2.05) is 6.92 Å². The summed E-state index contributed by atoms with van der Waals surface area (Å²) in [6.45, 7) is 10.6. The maximum absolute atomic E-state index is 11.7. The van der Waals surface area contributed by atoms with Gasteiger partial charge in [-0.1, -0.05) is 0 Å². The standard InChI is InChI=1S/C16H24O7.C4H10O2/c1-11(2)22-15(18)13-6-5-12(23-13)14(17)21-10-9-20-8-7-16(3,4)19;1-2-6-4-3-5/h5-6,11,19H,7-10H2,1-4H3;5H,2-4H2,1H3. The lowest BCUT2D eigenvalue weighted by Gasteiger charge is -2.16. The second kappa shape index (κ2) is 15.0. The van der Waals surface area contributed by atoms with Gasteiger partial charge in [0.05, 0.1) is 31.5 Å². The Kier molecular flexibility index (Phi) is 14.0. The molecular formula is C20H34O9. The maximum atomic E-state index is 11.7. The number of rotatable bonds is 12. The van der Waals surface area contributed by atoms with Crippen LogP contribution in [0.25, 0.3) is 0 Å². The molecule has 0 fully saturated rings. The summed E-state index contributed by atoms with van der Waals surface area (Å²) in [4.78, 5) is 23.3. The Morgan fingerprint density at radius 3 is 2.14 bits per heavy atom. The Bertz CT molecular complexity index is 569. The van der Waals surface area contributed by atoms with Crippen LogP contribution in [-0.2, 0) is 18.9 Å². The number of carbonyl (C=O) groups excluding carboxylic acids is 2. The second-order valence-corrected chi connectivity index (χ2v) is 6.85. The molecule has 0 saturated carbocycles. The van der Waals surface area contributed by atoms with Crippen LogP contribution in [-0.4, -0.2) is 73.5 Å². The molecule has 0 atom stereocenters. The van der Waals surface area contributed by atoms with E-state index in [1.165, 1.54) is 12.1 Å². The van der Waals surface area contributed by atoms with E-state index in [4.69, 9.17) is 28.5 Å². The lowest BCUT2D eigenvalue weighted by Crippen LogP contribution is -2.21. The minimum atomic E-state index is -0.786. The Balaban J connectivity index is 0.00000113. The number of hydrogen-bond acceptors (Lipinski definition) is 9. The molecule has 0 unspecified atom stereocenters. The normalized spacial score (nSPS) is 11.0. The van der Waals surface area contributed by atoms with Crippen molar-refractivity contribution in [2.24, 2.45) is 0 Å². The molecular weight excluding hydrogens is 384 g/mol. The van der Waals surface area contributed by atoms with E-state index >= 15 is 0 Å². The van der Waals surface area contributed by atoms with Gasteiger partial charge in [-0.05, 0) is 53.2 Å². The highest BCUT2D eigenvalue weighted by atomic mass is 16.6. The summed E-state index contributed by atoms with van der Waals surface area (Å²) in [7, 11) is 0. The Morgan fingerprint density at radius 2 is 1.66 bits per heavy atom. The van der Waals surface area contributed by atoms with Crippen LogP contribution in [0, 0.1) is 0 Å². The van der Waals surface area contributed by atoms with Gasteiger partial charge in [-0.25, -0.2) is 9.59 Å². The van der Waals surface area contributed by atoms with Crippen LogP contribution in [0.2, 0.25) is 0 Å². The monoisotopic (exact) mass is 418 g/mol. The van der Waals surface area contributed by atoms with E-state index < -0.39 is 17.5 Å². The highest BCUT2D eigenvalue weighted by Gasteiger charge is 2.18. The summed E-state index contributed by atoms with van der Waals surface area (Å²) < 4.78 is 25.0. The molecule has 29 heavy (non-hydrogen) atoms. The van der Waals surface area contributed by atoms with Gasteiger partial charge in [0, 0.05) is 13.2 Å². The topological polar surface area (TPSA) is 125 Å². The van der Waals surface area contributed by atoms with E-state index in [0.717, 1.165) is 0 Å². The van der Waals surface area contributed by atoms with E-state index in [0.29, 0.717) is 26.2 Å². The van der Waals surface area contributed by atoms with Crippen LogP contribution in [0.15, 0.2) is 16.5 Å². The molecule has 1 heterocycles. The molecule has 0 bridgehead atoms.